The molecule has 54 valence electrons. The number of aromatic nitrogens is 2. The molecule has 0 fully saturated rings. The van der Waals surface area contributed by atoms with Crippen LogP contribution < -0.4 is 0 Å². The molecule has 2 nitrogen and oxygen atoms in total. The van der Waals surface area contributed by atoms with Crippen LogP contribution in [0.3, 0.4) is 0 Å². The summed E-state index contributed by atoms with van der Waals surface area (Å²) in [7, 11) is 0. The van der Waals surface area contributed by atoms with Crippen molar-refractivity contribution in [2.45, 2.75) is 13.8 Å². The fraction of sp³-hybridized carbons (Fsp3) is 0.333. The molecule has 0 saturated heterocycles. The molecular weight excluding hydrogens is 168 g/mol. The van der Waals surface area contributed by atoms with Crippen LogP contribution in [0.1, 0.15) is 11.4 Å². The first-order valence-electron chi connectivity index (χ1n) is 2.84. The van der Waals surface area contributed by atoms with Gasteiger partial charge in [-0.25, -0.2) is 4.98 Å². The first-order valence-corrected chi connectivity index (χ1v) is 3.63. The summed E-state index contributed by atoms with van der Waals surface area (Å²) in [4.78, 5) is 6.88. The molecule has 0 radical (unpaired) electrons. The van der Waals surface area contributed by atoms with Crippen LogP contribution >= 0.6 is 23.8 Å². The molecule has 0 amide bonds. The lowest BCUT2D eigenvalue weighted by Crippen LogP contribution is -1.91. The molecule has 10 heavy (non-hydrogen) atoms. The van der Waals surface area contributed by atoms with Gasteiger partial charge in [-0.2, -0.15) is 0 Å². The predicted molar refractivity (Wildman–Crippen MR) is 43.9 cm³/mol. The van der Waals surface area contributed by atoms with Crippen LogP contribution in [-0.2, 0) is 0 Å². The van der Waals surface area contributed by atoms with Crippen molar-refractivity contribution in [3.05, 3.63) is 21.2 Å². The van der Waals surface area contributed by atoms with Crippen molar-refractivity contribution in [2.75, 3.05) is 0 Å². The minimum absolute atomic E-state index is 0.571. The molecule has 0 aromatic carbocycles. The average molecular weight is 175 g/mol. The lowest BCUT2D eigenvalue weighted by atomic mass is 10.4. The Morgan fingerprint density at radius 1 is 1.50 bits per heavy atom. The van der Waals surface area contributed by atoms with Gasteiger partial charge in [-0.3, -0.25) is 0 Å². The van der Waals surface area contributed by atoms with Gasteiger partial charge in [0.25, 0.3) is 0 Å². The predicted octanol–water partition coefficient (Wildman–Crippen LogP) is 2.41. The second kappa shape index (κ2) is 2.68. The largest absolute Gasteiger partial charge is 0.334 e. The van der Waals surface area contributed by atoms with E-state index in [-0.39, 0.29) is 0 Å². The molecular formula is C6H7ClN2S. The Labute approximate surface area is 69.3 Å². The Bertz CT molecular complexity index is 305. The maximum atomic E-state index is 5.76. The van der Waals surface area contributed by atoms with Crippen molar-refractivity contribution < 1.29 is 0 Å². The molecule has 0 atom stereocenters. The Morgan fingerprint density at radius 2 is 2.10 bits per heavy atom. The van der Waals surface area contributed by atoms with Crippen LogP contribution in [0.25, 0.3) is 0 Å². The molecule has 0 unspecified atom stereocenters. The molecule has 0 aliphatic carbocycles. The summed E-state index contributed by atoms with van der Waals surface area (Å²) in [5.41, 5.74) is 0.835. The van der Waals surface area contributed by atoms with E-state index in [1.807, 2.05) is 13.8 Å². The van der Waals surface area contributed by atoms with Crippen molar-refractivity contribution in [2.24, 2.45) is 0 Å². The van der Waals surface area contributed by atoms with E-state index >= 15 is 0 Å². The summed E-state index contributed by atoms with van der Waals surface area (Å²) in [6, 6.07) is 0. The monoisotopic (exact) mass is 174 g/mol. The molecule has 0 bridgehead atoms. The number of rotatable bonds is 0. The minimum Gasteiger partial charge on any atom is -0.334 e. The van der Waals surface area contributed by atoms with E-state index in [1.165, 1.54) is 0 Å². The number of hydrogen-bond donors (Lipinski definition) is 1. The van der Waals surface area contributed by atoms with Crippen molar-refractivity contribution in [3.63, 3.8) is 0 Å². The lowest BCUT2D eigenvalue weighted by molar-refractivity contribution is 1.02. The van der Waals surface area contributed by atoms with Gasteiger partial charge in [0.2, 0.25) is 0 Å². The highest BCUT2D eigenvalue weighted by Gasteiger charge is 1.97. The fourth-order valence-electron chi connectivity index (χ4n) is 0.611. The molecule has 4 heteroatoms. The Balaban J connectivity index is 3.46. The van der Waals surface area contributed by atoms with E-state index in [4.69, 9.17) is 23.8 Å². The molecule has 1 heterocycles. The van der Waals surface area contributed by atoms with Gasteiger partial charge >= 0.3 is 0 Å². The molecule has 0 saturated carbocycles. The fourth-order valence-corrected chi connectivity index (χ4v) is 1.13. The first-order chi connectivity index (χ1) is 4.61. The molecule has 1 aromatic heterocycles. The van der Waals surface area contributed by atoms with Crippen molar-refractivity contribution in [3.8, 4) is 0 Å². The third kappa shape index (κ3) is 1.36. The molecule has 1 N–H and O–H groups in total. The summed E-state index contributed by atoms with van der Waals surface area (Å²) in [6.45, 7) is 3.66. The third-order valence-electron chi connectivity index (χ3n) is 1.21. The zero-order chi connectivity index (χ0) is 7.72. The standard InChI is InChI=1S/C6H7ClN2S/c1-3-5(7)8-4(2)9-6(3)10/h1-2H3,(H,8,9,10). The normalized spacial score (nSPS) is 9.90. The van der Waals surface area contributed by atoms with Gasteiger partial charge in [-0.15, -0.1) is 0 Å². The number of aryl methyl sites for hydroxylation is 1. The quantitative estimate of drug-likeness (QED) is 0.484. The Kier molecular flexibility index (Phi) is 2.06. The summed E-state index contributed by atoms with van der Waals surface area (Å²) in [6.07, 6.45) is 0. The van der Waals surface area contributed by atoms with Crippen LogP contribution in [0.15, 0.2) is 0 Å². The molecule has 0 spiro atoms. The maximum absolute atomic E-state index is 5.76. The lowest BCUT2D eigenvalue weighted by Gasteiger charge is -1.97. The van der Waals surface area contributed by atoms with Crippen molar-refractivity contribution in [1.29, 1.82) is 0 Å². The number of halogens is 1. The van der Waals surface area contributed by atoms with Gasteiger partial charge in [0.05, 0.1) is 0 Å². The number of nitrogens with zero attached hydrogens (tertiary/aromatic N) is 1. The van der Waals surface area contributed by atoms with E-state index in [0.717, 1.165) is 11.4 Å². The number of aromatic amines is 1. The van der Waals surface area contributed by atoms with Crippen LogP contribution in [0, 0.1) is 18.5 Å². The van der Waals surface area contributed by atoms with E-state index in [2.05, 4.69) is 9.97 Å². The zero-order valence-electron chi connectivity index (χ0n) is 5.73. The molecule has 1 rings (SSSR count). The minimum atomic E-state index is 0.571. The number of nitrogens with one attached hydrogen (secondary N) is 1. The van der Waals surface area contributed by atoms with E-state index < -0.39 is 0 Å². The highest BCUT2D eigenvalue weighted by atomic mass is 35.5. The zero-order valence-corrected chi connectivity index (χ0v) is 7.31. The maximum Gasteiger partial charge on any atom is 0.134 e. The van der Waals surface area contributed by atoms with Crippen molar-refractivity contribution >= 4 is 23.8 Å². The van der Waals surface area contributed by atoms with Gasteiger partial charge < -0.3 is 4.98 Å². The average Bonchev–Trinajstić information content (AvgIpc) is 1.82. The smallest absolute Gasteiger partial charge is 0.134 e. The van der Waals surface area contributed by atoms with E-state index in [9.17, 15) is 0 Å². The third-order valence-corrected chi connectivity index (χ3v) is 1.99. The van der Waals surface area contributed by atoms with Crippen LogP contribution in [0.2, 0.25) is 5.15 Å². The van der Waals surface area contributed by atoms with E-state index in [0.29, 0.717) is 9.79 Å². The summed E-state index contributed by atoms with van der Waals surface area (Å²) < 4.78 is 0.571. The molecule has 0 aliphatic rings. The highest BCUT2D eigenvalue weighted by Crippen LogP contribution is 2.11. The number of hydrogen-bond acceptors (Lipinski definition) is 2. The van der Waals surface area contributed by atoms with Crippen LogP contribution in [0.5, 0.6) is 0 Å². The van der Waals surface area contributed by atoms with E-state index in [1.54, 1.807) is 0 Å². The van der Waals surface area contributed by atoms with Crippen LogP contribution in [-0.4, -0.2) is 9.97 Å². The molecule has 1 aromatic rings. The Hall–Kier alpha value is -0.410. The first kappa shape index (κ1) is 7.69. The van der Waals surface area contributed by atoms with Gasteiger partial charge in [-0.05, 0) is 13.8 Å². The second-order valence-corrected chi connectivity index (χ2v) is 2.83. The van der Waals surface area contributed by atoms with Gasteiger partial charge in [-0.1, -0.05) is 23.8 Å². The Morgan fingerprint density at radius 3 is 2.60 bits per heavy atom. The second-order valence-electron chi connectivity index (χ2n) is 2.07. The topological polar surface area (TPSA) is 28.7 Å². The van der Waals surface area contributed by atoms with Crippen molar-refractivity contribution in [1.82, 2.24) is 9.97 Å². The highest BCUT2D eigenvalue weighted by molar-refractivity contribution is 7.71. The van der Waals surface area contributed by atoms with Gasteiger partial charge in [0.15, 0.2) is 0 Å². The summed E-state index contributed by atoms with van der Waals surface area (Å²) in [5, 5.41) is 0.581. The summed E-state index contributed by atoms with van der Waals surface area (Å²) in [5.74, 6) is 0.751. The van der Waals surface area contributed by atoms with Gasteiger partial charge in [0.1, 0.15) is 15.6 Å². The number of H-pyrrole nitrogens is 1. The summed E-state index contributed by atoms with van der Waals surface area (Å²) >= 11 is 10.7. The molecule has 0 aliphatic heterocycles. The van der Waals surface area contributed by atoms with Gasteiger partial charge in [0, 0.05) is 5.56 Å². The van der Waals surface area contributed by atoms with Crippen LogP contribution in [0.4, 0.5) is 0 Å². The SMILES string of the molecule is Cc1nc(=S)c(C)c(Cl)[nH]1.